The minimum absolute atomic E-state index is 0.0674. The van der Waals surface area contributed by atoms with E-state index in [2.05, 4.69) is 25.1 Å². The highest BCUT2D eigenvalue weighted by Gasteiger charge is 2.45. The van der Waals surface area contributed by atoms with Gasteiger partial charge in [-0.2, -0.15) is 21.7 Å². The number of anilines is 1. The summed E-state index contributed by atoms with van der Waals surface area (Å²) in [6.45, 7) is 5.13. The number of pyridine rings is 1. The highest BCUT2D eigenvalue weighted by Crippen LogP contribution is 2.47. The summed E-state index contributed by atoms with van der Waals surface area (Å²) >= 11 is 8.38. The largest absolute Gasteiger partial charge is 0.508 e. The van der Waals surface area contributed by atoms with E-state index in [0.717, 1.165) is 69.9 Å². The second kappa shape index (κ2) is 11.1. The molecule has 4 fully saturated rings. The van der Waals surface area contributed by atoms with E-state index in [1.54, 1.807) is 6.20 Å². The molecule has 2 atom stereocenters. The molecule has 0 amide bonds. The number of halogens is 3. The molecule has 1 saturated carbocycles. The number of phenolic OH excluding ortho intramolecular Hbond substituents is 1. The van der Waals surface area contributed by atoms with E-state index in [9.17, 15) is 9.50 Å². The number of fused-ring (bicyclic) bond motifs is 4. The van der Waals surface area contributed by atoms with Crippen LogP contribution in [0.2, 0.25) is 5.02 Å². The zero-order valence-electron chi connectivity index (χ0n) is 24.2. The minimum Gasteiger partial charge on any atom is -0.508 e. The average molecular weight is 639 g/mol. The first kappa shape index (κ1) is 28.5. The fourth-order valence-electron chi connectivity index (χ4n) is 7.03. The Morgan fingerprint density at radius 1 is 1.09 bits per heavy atom. The van der Waals surface area contributed by atoms with Crippen LogP contribution < -0.4 is 15.0 Å². The predicted octanol–water partition coefficient (Wildman–Crippen LogP) is 5.63. The SMILES string of the molecule is Oc1cc(-c2ncc3c(N4C[C@H]5CC[C@@H](C4)N5)nc(OCC4(CN5CCSCC5)CC4)nc3c2F)c2c(Cl)c(F)ccc2c1. The van der Waals surface area contributed by atoms with E-state index in [1.165, 1.54) is 24.3 Å². The number of benzene rings is 2. The van der Waals surface area contributed by atoms with Crippen molar-refractivity contribution >= 4 is 50.9 Å². The van der Waals surface area contributed by atoms with Crippen LogP contribution in [0.1, 0.15) is 25.7 Å². The Morgan fingerprint density at radius 3 is 2.61 bits per heavy atom. The van der Waals surface area contributed by atoms with Crippen molar-refractivity contribution in [3.05, 3.63) is 47.1 Å². The fourth-order valence-corrected chi connectivity index (χ4v) is 8.28. The summed E-state index contributed by atoms with van der Waals surface area (Å²) in [4.78, 5) is 18.7. The summed E-state index contributed by atoms with van der Waals surface area (Å²) in [7, 11) is 0. The summed E-state index contributed by atoms with van der Waals surface area (Å²) in [6.07, 6.45) is 5.91. The Hall–Kier alpha value is -2.99. The Labute approximate surface area is 263 Å². The fraction of sp³-hybridized carbons (Fsp3) is 0.469. The standard InChI is InChI=1S/C32H33ClF2N6O2S/c33-26-24(34)4-1-18-11-21(42)12-22(25(18)26)28-27(35)29-23(13-36-28)30(41-14-19-2-3-20(15-41)37-19)39-31(38-29)43-17-32(5-6-32)16-40-7-9-44-10-8-40/h1,4,11-13,19-20,37,42H,2-3,5-10,14-17H2/t19-,20+. The van der Waals surface area contributed by atoms with Crippen LogP contribution in [-0.2, 0) is 0 Å². The van der Waals surface area contributed by atoms with Gasteiger partial charge in [0.1, 0.15) is 28.6 Å². The van der Waals surface area contributed by atoms with Crippen molar-refractivity contribution in [2.45, 2.75) is 37.8 Å². The van der Waals surface area contributed by atoms with Gasteiger partial charge >= 0.3 is 6.01 Å². The third-order valence-corrected chi connectivity index (χ3v) is 10.8. The van der Waals surface area contributed by atoms with Crippen molar-refractivity contribution in [1.82, 2.24) is 25.2 Å². The minimum atomic E-state index is -0.701. The molecular weight excluding hydrogens is 606 g/mol. The zero-order chi connectivity index (χ0) is 30.0. The number of phenols is 1. The summed E-state index contributed by atoms with van der Waals surface area (Å²) in [5.41, 5.74) is 0.243. The van der Waals surface area contributed by atoms with Gasteiger partial charge in [-0.1, -0.05) is 17.7 Å². The van der Waals surface area contributed by atoms with Crippen LogP contribution in [0.4, 0.5) is 14.6 Å². The van der Waals surface area contributed by atoms with Crippen LogP contribution >= 0.6 is 23.4 Å². The number of aromatic nitrogens is 3. The molecule has 5 heterocycles. The van der Waals surface area contributed by atoms with Crippen LogP contribution in [0.25, 0.3) is 32.9 Å². The molecule has 0 unspecified atom stereocenters. The Bertz CT molecular complexity index is 1760. The molecule has 1 aliphatic carbocycles. The molecule has 2 N–H and O–H groups in total. The van der Waals surface area contributed by atoms with E-state index >= 15 is 4.39 Å². The molecule has 44 heavy (non-hydrogen) atoms. The van der Waals surface area contributed by atoms with Gasteiger partial charge in [-0.3, -0.25) is 4.98 Å². The molecular formula is C32H33ClF2N6O2S. The predicted molar refractivity (Wildman–Crippen MR) is 170 cm³/mol. The summed E-state index contributed by atoms with van der Waals surface area (Å²) in [6, 6.07) is 6.36. The number of hydrogen-bond donors (Lipinski definition) is 2. The molecule has 0 radical (unpaired) electrons. The molecule has 2 bridgehead atoms. The molecule has 8 nitrogen and oxygen atoms in total. The van der Waals surface area contributed by atoms with Crippen LogP contribution in [-0.4, -0.2) is 87.9 Å². The van der Waals surface area contributed by atoms with E-state index in [4.69, 9.17) is 21.3 Å². The lowest BCUT2D eigenvalue weighted by Crippen LogP contribution is -2.51. The quantitative estimate of drug-likeness (QED) is 0.267. The van der Waals surface area contributed by atoms with Crippen LogP contribution in [0.5, 0.6) is 11.8 Å². The van der Waals surface area contributed by atoms with Crippen LogP contribution in [0.3, 0.4) is 0 Å². The van der Waals surface area contributed by atoms with E-state index in [0.29, 0.717) is 35.3 Å². The molecule has 0 spiro atoms. The zero-order valence-corrected chi connectivity index (χ0v) is 25.7. The molecule has 4 aliphatic rings. The summed E-state index contributed by atoms with van der Waals surface area (Å²) in [5, 5.41) is 15.2. The second-order valence-electron chi connectivity index (χ2n) is 12.7. The van der Waals surface area contributed by atoms with Gasteiger partial charge in [0.05, 0.1) is 17.0 Å². The lowest BCUT2D eigenvalue weighted by molar-refractivity contribution is 0.161. The topological polar surface area (TPSA) is 86.6 Å². The first-order chi connectivity index (χ1) is 21.4. The second-order valence-corrected chi connectivity index (χ2v) is 14.3. The van der Waals surface area contributed by atoms with Crippen molar-refractivity contribution in [3.63, 3.8) is 0 Å². The Morgan fingerprint density at radius 2 is 1.86 bits per heavy atom. The first-order valence-electron chi connectivity index (χ1n) is 15.3. The molecule has 2 aromatic carbocycles. The molecule has 2 aromatic heterocycles. The van der Waals surface area contributed by atoms with Gasteiger partial charge in [-0.25, -0.2) is 8.78 Å². The van der Waals surface area contributed by atoms with Crippen LogP contribution in [0.15, 0.2) is 30.5 Å². The highest BCUT2D eigenvalue weighted by molar-refractivity contribution is 7.99. The van der Waals surface area contributed by atoms with Crippen LogP contribution in [0, 0.1) is 17.0 Å². The number of hydrogen-bond acceptors (Lipinski definition) is 9. The van der Waals surface area contributed by atoms with Gasteiger partial charge in [0.2, 0.25) is 0 Å². The van der Waals surface area contributed by atoms with Gasteiger partial charge in [0, 0.05) is 78.9 Å². The van der Waals surface area contributed by atoms with Gasteiger partial charge in [-0.05, 0) is 49.3 Å². The lowest BCUT2D eigenvalue weighted by atomic mass is 10.00. The summed E-state index contributed by atoms with van der Waals surface area (Å²) in [5.74, 6) is 1.46. The number of piperazine rings is 1. The molecule has 12 heteroatoms. The molecule has 3 aliphatic heterocycles. The van der Waals surface area contributed by atoms with Gasteiger partial charge in [-0.15, -0.1) is 0 Å². The van der Waals surface area contributed by atoms with Gasteiger partial charge < -0.3 is 25.0 Å². The third-order valence-electron chi connectivity index (χ3n) is 9.53. The monoisotopic (exact) mass is 638 g/mol. The van der Waals surface area contributed by atoms with E-state index in [-0.39, 0.29) is 44.4 Å². The molecule has 230 valence electrons. The summed E-state index contributed by atoms with van der Waals surface area (Å²) < 4.78 is 37.5. The van der Waals surface area contributed by atoms with Crippen molar-refractivity contribution in [2.24, 2.45) is 5.41 Å². The Kier molecular flexibility index (Phi) is 7.20. The van der Waals surface area contributed by atoms with E-state index in [1.807, 2.05) is 11.8 Å². The third kappa shape index (κ3) is 5.21. The molecule has 8 rings (SSSR count). The maximum atomic E-state index is 16.7. The van der Waals surface area contributed by atoms with Gasteiger partial charge in [0.15, 0.2) is 5.82 Å². The lowest BCUT2D eigenvalue weighted by Gasteiger charge is -2.34. The molecule has 3 saturated heterocycles. The van der Waals surface area contributed by atoms with Crippen molar-refractivity contribution in [3.8, 4) is 23.0 Å². The Balaban J connectivity index is 1.21. The average Bonchev–Trinajstić information content (AvgIpc) is 3.71. The number of thioether (sulfide) groups is 1. The normalized spacial score (nSPS) is 23.0. The van der Waals surface area contributed by atoms with E-state index < -0.39 is 11.6 Å². The van der Waals surface area contributed by atoms with Crippen molar-refractivity contribution in [1.29, 1.82) is 0 Å². The maximum Gasteiger partial charge on any atom is 0.319 e. The number of nitrogens with zero attached hydrogens (tertiary/aromatic N) is 5. The van der Waals surface area contributed by atoms with Gasteiger partial charge in [0.25, 0.3) is 0 Å². The highest BCUT2D eigenvalue weighted by atomic mass is 35.5. The number of aromatic hydroxyl groups is 1. The molecule has 4 aromatic rings. The first-order valence-corrected chi connectivity index (χ1v) is 16.8. The van der Waals surface area contributed by atoms with Crippen molar-refractivity contribution in [2.75, 3.05) is 55.7 Å². The smallest absolute Gasteiger partial charge is 0.319 e. The van der Waals surface area contributed by atoms with Crippen molar-refractivity contribution < 1.29 is 18.6 Å². The maximum absolute atomic E-state index is 16.7. The number of nitrogens with one attached hydrogen (secondary N) is 1. The number of ether oxygens (including phenoxy) is 1. The number of rotatable bonds is 7.